The van der Waals surface area contributed by atoms with Crippen LogP contribution in [0.5, 0.6) is 0 Å². The van der Waals surface area contributed by atoms with E-state index < -0.39 is 0 Å². The van der Waals surface area contributed by atoms with Crippen molar-refractivity contribution < 1.29 is 0 Å². The summed E-state index contributed by atoms with van der Waals surface area (Å²) in [6.45, 7) is 6.56. The van der Waals surface area contributed by atoms with Gasteiger partial charge >= 0.3 is 0 Å². The lowest BCUT2D eigenvalue weighted by atomic mass is 9.94. The third-order valence-corrected chi connectivity index (χ3v) is 3.11. The van der Waals surface area contributed by atoms with E-state index in [0.29, 0.717) is 0 Å². The second-order valence-electron chi connectivity index (χ2n) is 4.32. The second kappa shape index (κ2) is 4.52. The Kier molecular flexibility index (Phi) is 3.09. The summed E-state index contributed by atoms with van der Waals surface area (Å²) in [7, 11) is 0. The average Bonchev–Trinajstić information content (AvgIpc) is 2.29. The molecule has 0 saturated heterocycles. The van der Waals surface area contributed by atoms with E-state index in [9.17, 15) is 0 Å². The number of hydrogen-bond acceptors (Lipinski definition) is 0. The summed E-state index contributed by atoms with van der Waals surface area (Å²) in [5, 5.41) is 0. The molecule has 0 radical (unpaired) electrons. The predicted octanol–water partition coefficient (Wildman–Crippen LogP) is 4.53. The van der Waals surface area contributed by atoms with Gasteiger partial charge in [-0.3, -0.25) is 0 Å². The molecule has 0 heterocycles. The van der Waals surface area contributed by atoms with Crippen LogP contribution < -0.4 is 0 Å². The van der Waals surface area contributed by atoms with Crippen LogP contribution in [0.25, 0.3) is 11.1 Å². The van der Waals surface area contributed by atoms with Gasteiger partial charge in [0, 0.05) is 0 Å². The SMILES string of the molecule is CCc1cccc(-c2c(C)cccc2C)c1. The fourth-order valence-electron chi connectivity index (χ4n) is 2.22. The normalized spacial score (nSPS) is 10.4. The zero-order chi connectivity index (χ0) is 11.5. The van der Waals surface area contributed by atoms with E-state index in [2.05, 4.69) is 63.2 Å². The summed E-state index contributed by atoms with van der Waals surface area (Å²) in [5.74, 6) is 0. The van der Waals surface area contributed by atoms with Crippen LogP contribution >= 0.6 is 0 Å². The summed E-state index contributed by atoms with van der Waals surface area (Å²) < 4.78 is 0. The van der Waals surface area contributed by atoms with Gasteiger partial charge in [-0.25, -0.2) is 0 Å². The number of aryl methyl sites for hydroxylation is 3. The van der Waals surface area contributed by atoms with Crippen molar-refractivity contribution in [3.63, 3.8) is 0 Å². The molecule has 0 heteroatoms. The standard InChI is InChI=1S/C16H18/c1-4-14-9-6-10-15(11-14)16-12(2)7-5-8-13(16)3/h5-11H,4H2,1-3H3. The van der Waals surface area contributed by atoms with Gasteiger partial charge in [0.1, 0.15) is 0 Å². The third kappa shape index (κ3) is 2.01. The molecular formula is C16H18. The van der Waals surface area contributed by atoms with Gasteiger partial charge in [-0.2, -0.15) is 0 Å². The first-order valence-electron chi connectivity index (χ1n) is 5.88. The fraction of sp³-hybridized carbons (Fsp3) is 0.250. The lowest BCUT2D eigenvalue weighted by Crippen LogP contribution is -1.89. The molecule has 0 spiro atoms. The van der Waals surface area contributed by atoms with E-state index in [1.807, 2.05) is 0 Å². The topological polar surface area (TPSA) is 0 Å². The second-order valence-corrected chi connectivity index (χ2v) is 4.32. The van der Waals surface area contributed by atoms with E-state index in [4.69, 9.17) is 0 Å². The first kappa shape index (κ1) is 10.9. The van der Waals surface area contributed by atoms with Gasteiger partial charge in [0.2, 0.25) is 0 Å². The number of hydrogen-bond donors (Lipinski definition) is 0. The quantitative estimate of drug-likeness (QED) is 0.683. The smallest absolute Gasteiger partial charge is 0.0125 e. The van der Waals surface area contributed by atoms with Crippen molar-refractivity contribution in [2.45, 2.75) is 27.2 Å². The highest BCUT2D eigenvalue weighted by atomic mass is 14.1. The molecule has 0 atom stereocenters. The van der Waals surface area contributed by atoms with Crippen LogP contribution in [0, 0.1) is 13.8 Å². The zero-order valence-corrected chi connectivity index (χ0v) is 10.2. The molecule has 2 aromatic carbocycles. The minimum absolute atomic E-state index is 1.10. The molecule has 0 N–H and O–H groups in total. The van der Waals surface area contributed by atoms with Gasteiger partial charge in [0.15, 0.2) is 0 Å². The third-order valence-electron chi connectivity index (χ3n) is 3.11. The van der Waals surface area contributed by atoms with E-state index in [1.54, 1.807) is 0 Å². The predicted molar refractivity (Wildman–Crippen MR) is 70.7 cm³/mol. The number of benzene rings is 2. The van der Waals surface area contributed by atoms with Crippen molar-refractivity contribution in [2.24, 2.45) is 0 Å². The molecule has 82 valence electrons. The van der Waals surface area contributed by atoms with Crippen LogP contribution in [0.2, 0.25) is 0 Å². The van der Waals surface area contributed by atoms with Crippen molar-refractivity contribution in [3.8, 4) is 11.1 Å². The Morgan fingerprint density at radius 3 is 2.12 bits per heavy atom. The van der Waals surface area contributed by atoms with Crippen LogP contribution in [0.4, 0.5) is 0 Å². The summed E-state index contributed by atoms with van der Waals surface area (Å²) >= 11 is 0. The van der Waals surface area contributed by atoms with E-state index >= 15 is 0 Å². The molecule has 0 aliphatic carbocycles. The lowest BCUT2D eigenvalue weighted by Gasteiger charge is -2.10. The Morgan fingerprint density at radius 1 is 0.875 bits per heavy atom. The van der Waals surface area contributed by atoms with Gasteiger partial charge in [0.05, 0.1) is 0 Å². The average molecular weight is 210 g/mol. The van der Waals surface area contributed by atoms with Crippen LogP contribution in [0.15, 0.2) is 42.5 Å². The zero-order valence-electron chi connectivity index (χ0n) is 10.2. The first-order chi connectivity index (χ1) is 7.72. The minimum atomic E-state index is 1.10. The molecule has 0 bridgehead atoms. The van der Waals surface area contributed by atoms with Crippen LogP contribution in [0.1, 0.15) is 23.6 Å². The van der Waals surface area contributed by atoms with Gasteiger partial charge in [0.25, 0.3) is 0 Å². The summed E-state index contributed by atoms with van der Waals surface area (Å²) in [6, 6.07) is 15.3. The maximum Gasteiger partial charge on any atom is -0.0125 e. The van der Waals surface area contributed by atoms with E-state index in [1.165, 1.54) is 27.8 Å². The molecule has 0 nitrogen and oxygen atoms in total. The molecule has 0 amide bonds. The highest BCUT2D eigenvalue weighted by Gasteiger charge is 2.04. The highest BCUT2D eigenvalue weighted by Crippen LogP contribution is 2.27. The largest absolute Gasteiger partial charge is 0.0617 e. The van der Waals surface area contributed by atoms with E-state index in [0.717, 1.165) is 6.42 Å². The molecular weight excluding hydrogens is 192 g/mol. The van der Waals surface area contributed by atoms with Crippen LogP contribution in [0.3, 0.4) is 0 Å². The Hall–Kier alpha value is -1.56. The van der Waals surface area contributed by atoms with Crippen molar-refractivity contribution >= 4 is 0 Å². The maximum atomic E-state index is 2.30. The molecule has 0 aliphatic heterocycles. The van der Waals surface area contributed by atoms with Crippen molar-refractivity contribution in [1.82, 2.24) is 0 Å². The fourth-order valence-corrected chi connectivity index (χ4v) is 2.22. The Bertz CT molecular complexity index is 475. The van der Waals surface area contributed by atoms with Gasteiger partial charge in [-0.15, -0.1) is 0 Å². The van der Waals surface area contributed by atoms with E-state index in [-0.39, 0.29) is 0 Å². The molecule has 0 aliphatic rings. The monoisotopic (exact) mass is 210 g/mol. The maximum absolute atomic E-state index is 2.30. The minimum Gasteiger partial charge on any atom is -0.0617 e. The highest BCUT2D eigenvalue weighted by molar-refractivity contribution is 5.71. The molecule has 2 rings (SSSR count). The molecule has 0 aromatic heterocycles. The molecule has 0 saturated carbocycles. The van der Waals surface area contributed by atoms with Crippen LogP contribution in [-0.4, -0.2) is 0 Å². The lowest BCUT2D eigenvalue weighted by molar-refractivity contribution is 1.14. The number of rotatable bonds is 2. The first-order valence-corrected chi connectivity index (χ1v) is 5.88. The van der Waals surface area contributed by atoms with Crippen molar-refractivity contribution in [3.05, 3.63) is 59.2 Å². The Morgan fingerprint density at radius 2 is 1.50 bits per heavy atom. The van der Waals surface area contributed by atoms with Gasteiger partial charge in [-0.1, -0.05) is 49.4 Å². The molecule has 2 aromatic rings. The Labute approximate surface area is 97.9 Å². The summed E-state index contributed by atoms with van der Waals surface area (Å²) in [6.07, 6.45) is 1.10. The van der Waals surface area contributed by atoms with Gasteiger partial charge < -0.3 is 0 Å². The molecule has 16 heavy (non-hydrogen) atoms. The molecule has 0 unspecified atom stereocenters. The molecule has 0 fully saturated rings. The van der Waals surface area contributed by atoms with Gasteiger partial charge in [-0.05, 0) is 48.1 Å². The summed E-state index contributed by atoms with van der Waals surface area (Å²) in [4.78, 5) is 0. The summed E-state index contributed by atoms with van der Waals surface area (Å²) in [5.41, 5.74) is 6.84. The van der Waals surface area contributed by atoms with Crippen LogP contribution in [-0.2, 0) is 6.42 Å². The van der Waals surface area contributed by atoms with Crippen molar-refractivity contribution in [2.75, 3.05) is 0 Å². The van der Waals surface area contributed by atoms with Crippen molar-refractivity contribution in [1.29, 1.82) is 0 Å². The Balaban J connectivity index is 2.58.